The van der Waals surface area contributed by atoms with Gasteiger partial charge in [0.15, 0.2) is 5.96 Å². The number of H-pyrrole nitrogens is 1. The molecule has 0 aliphatic rings. The third-order valence-electron chi connectivity index (χ3n) is 5.58. The molecule has 4 rings (SSSR count). The first-order valence-electron chi connectivity index (χ1n) is 11.6. The number of hydrogen-bond acceptors (Lipinski definition) is 3. The summed E-state index contributed by atoms with van der Waals surface area (Å²) >= 11 is 12.5. The monoisotopic (exact) mass is 506 g/mol. The number of aromatic amines is 1. The first-order chi connectivity index (χ1) is 17.2. The Morgan fingerprint density at radius 1 is 1.00 bits per heavy atom. The molecular weight excluding hydrogens is 479 g/mol. The van der Waals surface area contributed by atoms with Gasteiger partial charge in [0.05, 0.1) is 16.4 Å². The third-order valence-corrected chi connectivity index (χ3v) is 6.32. The standard InChI is InChI=1S/C27H28Cl2N6/c28-24-12-11-20(17-25(24)29)23(26-10-4-5-14-31-26)13-16-33-27(35-21-7-2-1-3-8-21)32-15-6-9-22-18-30-19-34-22/h1-5,7-8,10-12,14,17-19,23H,6,9,13,15-16H2,(H,30,34)(H2,32,33,35). The number of guanidine groups is 1. The van der Waals surface area contributed by atoms with Crippen LogP contribution in [0.25, 0.3) is 0 Å². The molecule has 0 aliphatic heterocycles. The van der Waals surface area contributed by atoms with Crippen LogP contribution in [0.4, 0.5) is 5.69 Å². The van der Waals surface area contributed by atoms with Gasteiger partial charge in [-0.25, -0.2) is 4.98 Å². The average Bonchev–Trinajstić information content (AvgIpc) is 3.41. The summed E-state index contributed by atoms with van der Waals surface area (Å²) in [4.78, 5) is 16.6. The van der Waals surface area contributed by atoms with Crippen LogP contribution in [-0.2, 0) is 6.42 Å². The molecule has 0 fully saturated rings. The van der Waals surface area contributed by atoms with Crippen molar-refractivity contribution in [2.24, 2.45) is 4.99 Å². The summed E-state index contributed by atoms with van der Waals surface area (Å²) in [6, 6.07) is 21.8. The minimum absolute atomic E-state index is 0.0665. The highest BCUT2D eigenvalue weighted by atomic mass is 35.5. The maximum atomic E-state index is 6.32. The first-order valence-corrected chi connectivity index (χ1v) is 12.4. The van der Waals surface area contributed by atoms with Gasteiger partial charge in [0.1, 0.15) is 0 Å². The van der Waals surface area contributed by atoms with E-state index in [1.807, 2.05) is 79.1 Å². The minimum Gasteiger partial charge on any atom is -0.356 e. The van der Waals surface area contributed by atoms with Crippen molar-refractivity contribution in [3.05, 3.63) is 112 Å². The number of nitrogens with one attached hydrogen (secondary N) is 3. The Morgan fingerprint density at radius 3 is 2.60 bits per heavy atom. The van der Waals surface area contributed by atoms with Gasteiger partial charge in [-0.2, -0.15) is 0 Å². The zero-order valence-electron chi connectivity index (χ0n) is 19.3. The van der Waals surface area contributed by atoms with E-state index in [-0.39, 0.29) is 5.92 Å². The van der Waals surface area contributed by atoms with Gasteiger partial charge in [0.2, 0.25) is 0 Å². The number of aromatic nitrogens is 3. The van der Waals surface area contributed by atoms with Crippen molar-refractivity contribution in [3.8, 4) is 0 Å². The highest BCUT2D eigenvalue weighted by Crippen LogP contribution is 2.31. The van der Waals surface area contributed by atoms with Crippen LogP contribution >= 0.6 is 23.2 Å². The summed E-state index contributed by atoms with van der Waals surface area (Å²) in [5.41, 5.74) is 4.17. The molecule has 0 spiro atoms. The molecule has 2 aromatic heterocycles. The van der Waals surface area contributed by atoms with Gasteiger partial charge >= 0.3 is 0 Å². The molecule has 8 heteroatoms. The van der Waals surface area contributed by atoms with Gasteiger partial charge in [0, 0.05) is 48.5 Å². The normalized spacial score (nSPS) is 12.3. The highest BCUT2D eigenvalue weighted by Gasteiger charge is 2.17. The van der Waals surface area contributed by atoms with Crippen molar-refractivity contribution in [2.75, 3.05) is 18.4 Å². The lowest BCUT2D eigenvalue weighted by Gasteiger charge is -2.19. The van der Waals surface area contributed by atoms with Crippen LogP contribution in [0.5, 0.6) is 0 Å². The number of benzene rings is 2. The predicted octanol–water partition coefficient (Wildman–Crippen LogP) is 6.32. The van der Waals surface area contributed by atoms with E-state index < -0.39 is 0 Å². The molecule has 3 N–H and O–H groups in total. The fourth-order valence-electron chi connectivity index (χ4n) is 3.81. The molecule has 0 aliphatic carbocycles. The fourth-order valence-corrected chi connectivity index (χ4v) is 4.12. The van der Waals surface area contributed by atoms with E-state index >= 15 is 0 Å². The van der Waals surface area contributed by atoms with Gasteiger partial charge in [-0.15, -0.1) is 0 Å². The molecule has 1 unspecified atom stereocenters. The van der Waals surface area contributed by atoms with Crippen molar-refractivity contribution in [3.63, 3.8) is 0 Å². The number of pyridine rings is 1. The van der Waals surface area contributed by atoms with Crippen molar-refractivity contribution in [2.45, 2.75) is 25.2 Å². The molecule has 35 heavy (non-hydrogen) atoms. The number of imidazole rings is 1. The minimum atomic E-state index is 0.0665. The van der Waals surface area contributed by atoms with Crippen LogP contribution in [0, 0.1) is 0 Å². The molecule has 0 saturated carbocycles. The van der Waals surface area contributed by atoms with E-state index in [0.717, 1.165) is 47.9 Å². The molecule has 0 saturated heterocycles. The Kier molecular flexibility index (Phi) is 9.15. The summed E-state index contributed by atoms with van der Waals surface area (Å²) in [6.45, 7) is 1.39. The molecule has 0 radical (unpaired) electrons. The number of aryl methyl sites for hydroxylation is 1. The van der Waals surface area contributed by atoms with E-state index in [9.17, 15) is 0 Å². The average molecular weight is 507 g/mol. The van der Waals surface area contributed by atoms with E-state index in [4.69, 9.17) is 28.2 Å². The van der Waals surface area contributed by atoms with E-state index in [2.05, 4.69) is 25.6 Å². The molecule has 4 aromatic rings. The molecule has 0 bridgehead atoms. The van der Waals surface area contributed by atoms with Gasteiger partial charge in [0.25, 0.3) is 0 Å². The van der Waals surface area contributed by atoms with Gasteiger partial charge in [-0.3, -0.25) is 9.98 Å². The van der Waals surface area contributed by atoms with Crippen LogP contribution in [0.15, 0.2) is 90.4 Å². The third kappa shape index (κ3) is 7.57. The number of aliphatic imine (C=N–C) groups is 1. The van der Waals surface area contributed by atoms with Gasteiger partial charge < -0.3 is 15.6 Å². The molecule has 0 amide bonds. The van der Waals surface area contributed by atoms with Crippen LogP contribution in [0.2, 0.25) is 10.0 Å². The molecule has 180 valence electrons. The maximum Gasteiger partial charge on any atom is 0.195 e. The highest BCUT2D eigenvalue weighted by molar-refractivity contribution is 6.42. The number of hydrogen-bond donors (Lipinski definition) is 3. The molecule has 1 atom stereocenters. The summed E-state index contributed by atoms with van der Waals surface area (Å²) in [5, 5.41) is 7.99. The van der Waals surface area contributed by atoms with Crippen LogP contribution < -0.4 is 10.6 Å². The second-order valence-electron chi connectivity index (χ2n) is 8.10. The van der Waals surface area contributed by atoms with Crippen LogP contribution in [0.1, 0.15) is 35.7 Å². The molecular formula is C27H28Cl2N6. The summed E-state index contributed by atoms with van der Waals surface area (Å²) in [6.07, 6.45) is 8.00. The molecule has 2 heterocycles. The predicted molar refractivity (Wildman–Crippen MR) is 144 cm³/mol. The maximum absolute atomic E-state index is 6.32. The van der Waals surface area contributed by atoms with E-state index in [0.29, 0.717) is 23.1 Å². The van der Waals surface area contributed by atoms with Crippen molar-refractivity contribution in [1.82, 2.24) is 20.3 Å². The smallest absolute Gasteiger partial charge is 0.195 e. The Morgan fingerprint density at radius 2 is 1.86 bits per heavy atom. The first kappa shape index (κ1) is 24.8. The van der Waals surface area contributed by atoms with Gasteiger partial charge in [-0.05, 0) is 61.2 Å². The lowest BCUT2D eigenvalue weighted by molar-refractivity contribution is 0.673. The van der Waals surface area contributed by atoms with Crippen LogP contribution in [-0.4, -0.2) is 34.0 Å². The number of nitrogens with zero attached hydrogens (tertiary/aromatic N) is 3. The summed E-state index contributed by atoms with van der Waals surface area (Å²) in [7, 11) is 0. The quantitative estimate of drug-likeness (QED) is 0.133. The molecule has 2 aromatic carbocycles. The van der Waals surface area contributed by atoms with Crippen LogP contribution in [0.3, 0.4) is 0 Å². The summed E-state index contributed by atoms with van der Waals surface area (Å²) in [5.74, 6) is 0.812. The van der Waals surface area contributed by atoms with Crippen molar-refractivity contribution >= 4 is 34.8 Å². The zero-order chi connectivity index (χ0) is 24.3. The van der Waals surface area contributed by atoms with Crippen molar-refractivity contribution < 1.29 is 0 Å². The SMILES string of the molecule is Clc1ccc(C(CCNC(=NCCCc2cnc[nH]2)Nc2ccccc2)c2ccccn2)cc1Cl. The Hall–Kier alpha value is -3.35. The Balaban J connectivity index is 1.43. The van der Waals surface area contributed by atoms with Crippen molar-refractivity contribution in [1.29, 1.82) is 0 Å². The number of para-hydroxylation sites is 1. The zero-order valence-corrected chi connectivity index (χ0v) is 20.8. The number of anilines is 1. The fraction of sp³-hybridized carbons (Fsp3) is 0.222. The largest absolute Gasteiger partial charge is 0.356 e. The lowest BCUT2D eigenvalue weighted by atomic mass is 9.92. The number of rotatable bonds is 10. The lowest BCUT2D eigenvalue weighted by Crippen LogP contribution is -2.32. The Bertz CT molecular complexity index is 1200. The van der Waals surface area contributed by atoms with E-state index in [1.165, 1.54) is 0 Å². The molecule has 6 nitrogen and oxygen atoms in total. The second kappa shape index (κ2) is 12.9. The topological polar surface area (TPSA) is 78.0 Å². The van der Waals surface area contributed by atoms with E-state index in [1.54, 1.807) is 6.33 Å². The van der Waals surface area contributed by atoms with Gasteiger partial charge in [-0.1, -0.05) is 53.5 Å². The summed E-state index contributed by atoms with van der Waals surface area (Å²) < 4.78 is 0. The number of halogens is 2. The Labute approximate surface area is 215 Å². The second-order valence-corrected chi connectivity index (χ2v) is 8.91.